The molecular weight excluding hydrogens is 420 g/mol. The average Bonchev–Trinajstić information content (AvgIpc) is 3.32. The van der Waals surface area contributed by atoms with Crippen LogP contribution in [0.3, 0.4) is 0 Å². The standard InChI is InChI=1S/C22H22N2O4S2/c1-3-28-21(25)12-17(14-7-8-20-15(11-14)9-10-29-20)18-13-23-22-16(18)5-4-6-19(22)24-30(2,26)27/h4-11,13,17,23-24H,3,12H2,1-2H3. The molecule has 4 aromatic rings. The summed E-state index contributed by atoms with van der Waals surface area (Å²) in [6.45, 7) is 2.12. The minimum atomic E-state index is -3.42. The van der Waals surface area contributed by atoms with Crippen LogP contribution < -0.4 is 4.72 Å². The molecule has 0 fully saturated rings. The number of esters is 1. The van der Waals surface area contributed by atoms with Gasteiger partial charge >= 0.3 is 5.97 Å². The van der Waals surface area contributed by atoms with E-state index < -0.39 is 10.0 Å². The van der Waals surface area contributed by atoms with E-state index in [-0.39, 0.29) is 18.3 Å². The van der Waals surface area contributed by atoms with E-state index in [1.165, 1.54) is 4.70 Å². The van der Waals surface area contributed by atoms with Crippen LogP contribution in [0.4, 0.5) is 5.69 Å². The van der Waals surface area contributed by atoms with E-state index >= 15 is 0 Å². The third-order valence-electron chi connectivity index (χ3n) is 4.97. The topological polar surface area (TPSA) is 88.3 Å². The maximum Gasteiger partial charge on any atom is 0.306 e. The average molecular weight is 443 g/mol. The summed E-state index contributed by atoms with van der Waals surface area (Å²) >= 11 is 1.67. The first-order valence-corrected chi connectivity index (χ1v) is 12.3. The predicted molar refractivity (Wildman–Crippen MR) is 122 cm³/mol. The van der Waals surface area contributed by atoms with Crippen molar-refractivity contribution in [2.75, 3.05) is 17.6 Å². The van der Waals surface area contributed by atoms with Gasteiger partial charge in [0.1, 0.15) is 0 Å². The van der Waals surface area contributed by atoms with E-state index in [1.54, 1.807) is 30.4 Å². The van der Waals surface area contributed by atoms with E-state index in [4.69, 9.17) is 4.74 Å². The third kappa shape index (κ3) is 4.20. The molecular formula is C22H22N2O4S2. The Morgan fingerprint density at radius 2 is 2.07 bits per heavy atom. The summed E-state index contributed by atoms with van der Waals surface area (Å²) in [6.07, 6.45) is 3.16. The number of carbonyl (C=O) groups is 1. The van der Waals surface area contributed by atoms with Gasteiger partial charge in [0.2, 0.25) is 10.0 Å². The second kappa shape index (κ2) is 8.12. The first-order chi connectivity index (χ1) is 14.4. The number of hydrogen-bond donors (Lipinski definition) is 2. The Morgan fingerprint density at radius 1 is 1.23 bits per heavy atom. The molecule has 8 heteroatoms. The summed E-state index contributed by atoms with van der Waals surface area (Å²) in [5.74, 6) is -0.497. The molecule has 1 unspecified atom stereocenters. The molecule has 2 aromatic carbocycles. The van der Waals surface area contributed by atoms with E-state index in [0.29, 0.717) is 17.8 Å². The normalized spacial score (nSPS) is 12.9. The van der Waals surface area contributed by atoms with Crippen molar-refractivity contribution in [2.45, 2.75) is 19.3 Å². The molecule has 0 saturated heterocycles. The zero-order valence-electron chi connectivity index (χ0n) is 16.6. The van der Waals surface area contributed by atoms with E-state index in [9.17, 15) is 13.2 Å². The van der Waals surface area contributed by atoms with Crippen LogP contribution in [0, 0.1) is 0 Å². The molecule has 156 valence electrons. The number of sulfonamides is 1. The van der Waals surface area contributed by atoms with Crippen molar-refractivity contribution in [1.82, 2.24) is 4.98 Å². The Labute approximate surface area is 178 Å². The summed E-state index contributed by atoms with van der Waals surface area (Å²) in [5.41, 5.74) is 3.09. The summed E-state index contributed by atoms with van der Waals surface area (Å²) in [6, 6.07) is 13.7. The van der Waals surface area contributed by atoms with Gasteiger partial charge in [0.25, 0.3) is 0 Å². The number of benzene rings is 2. The number of anilines is 1. The zero-order chi connectivity index (χ0) is 21.3. The van der Waals surface area contributed by atoms with Gasteiger partial charge in [0.15, 0.2) is 0 Å². The van der Waals surface area contributed by atoms with Gasteiger partial charge in [-0.2, -0.15) is 0 Å². The van der Waals surface area contributed by atoms with Crippen molar-refractivity contribution in [3.63, 3.8) is 0 Å². The second-order valence-corrected chi connectivity index (χ2v) is 9.82. The van der Waals surface area contributed by atoms with Crippen molar-refractivity contribution < 1.29 is 17.9 Å². The van der Waals surface area contributed by atoms with Crippen LogP contribution >= 0.6 is 11.3 Å². The van der Waals surface area contributed by atoms with Gasteiger partial charge < -0.3 is 9.72 Å². The Morgan fingerprint density at radius 3 is 2.83 bits per heavy atom. The first-order valence-electron chi connectivity index (χ1n) is 9.56. The number of aromatic amines is 1. The number of carbonyl (C=O) groups excluding carboxylic acids is 1. The number of rotatable bonds is 7. The highest BCUT2D eigenvalue weighted by molar-refractivity contribution is 7.92. The zero-order valence-corrected chi connectivity index (χ0v) is 18.3. The SMILES string of the molecule is CCOC(=O)CC(c1ccc2sccc2c1)c1c[nH]c2c(NS(C)(=O)=O)cccc12. The largest absolute Gasteiger partial charge is 0.466 e. The Bertz CT molecular complexity index is 1320. The van der Waals surface area contributed by atoms with Gasteiger partial charge in [-0.25, -0.2) is 8.42 Å². The van der Waals surface area contributed by atoms with E-state index in [2.05, 4.69) is 27.9 Å². The molecule has 30 heavy (non-hydrogen) atoms. The van der Waals surface area contributed by atoms with Gasteiger partial charge in [-0.05, 0) is 53.1 Å². The highest BCUT2D eigenvalue weighted by Gasteiger charge is 2.23. The molecule has 0 bridgehead atoms. The maximum absolute atomic E-state index is 12.4. The lowest BCUT2D eigenvalue weighted by molar-refractivity contribution is -0.143. The molecule has 0 amide bonds. The van der Waals surface area contributed by atoms with Crippen LogP contribution in [0.25, 0.3) is 21.0 Å². The highest BCUT2D eigenvalue weighted by Crippen LogP contribution is 2.37. The summed E-state index contributed by atoms with van der Waals surface area (Å²) in [7, 11) is -3.42. The van der Waals surface area contributed by atoms with E-state index in [1.807, 2.05) is 23.7 Å². The number of fused-ring (bicyclic) bond motifs is 2. The molecule has 0 aliphatic rings. The predicted octanol–water partition coefficient (Wildman–Crippen LogP) is 4.84. The maximum atomic E-state index is 12.4. The Kier molecular flexibility index (Phi) is 5.53. The number of thiophene rings is 1. The lowest BCUT2D eigenvalue weighted by atomic mass is 9.87. The Balaban J connectivity index is 1.83. The third-order valence-corrected chi connectivity index (χ3v) is 6.46. The van der Waals surface area contributed by atoms with Crippen molar-refractivity contribution in [2.24, 2.45) is 0 Å². The number of aromatic nitrogens is 1. The van der Waals surface area contributed by atoms with Gasteiger partial charge in [0.05, 0.1) is 30.5 Å². The molecule has 2 N–H and O–H groups in total. The molecule has 4 rings (SSSR count). The monoisotopic (exact) mass is 442 g/mol. The number of hydrogen-bond acceptors (Lipinski definition) is 5. The van der Waals surface area contributed by atoms with Gasteiger partial charge in [0, 0.05) is 22.2 Å². The molecule has 0 saturated carbocycles. The van der Waals surface area contributed by atoms with E-state index in [0.717, 1.165) is 28.2 Å². The summed E-state index contributed by atoms with van der Waals surface area (Å²) in [5, 5.41) is 4.04. The molecule has 2 aromatic heterocycles. The smallest absolute Gasteiger partial charge is 0.306 e. The van der Waals surface area contributed by atoms with Crippen molar-refractivity contribution in [1.29, 1.82) is 0 Å². The highest BCUT2D eigenvalue weighted by atomic mass is 32.2. The van der Waals surface area contributed by atoms with Gasteiger partial charge in [-0.3, -0.25) is 9.52 Å². The van der Waals surface area contributed by atoms with Crippen LogP contribution in [0.2, 0.25) is 0 Å². The quantitative estimate of drug-likeness (QED) is 0.401. The molecule has 0 aliphatic heterocycles. The molecule has 0 spiro atoms. The molecule has 6 nitrogen and oxygen atoms in total. The molecule has 2 heterocycles. The first kappa shape index (κ1) is 20.4. The van der Waals surface area contributed by atoms with Gasteiger partial charge in [-0.1, -0.05) is 18.2 Å². The summed E-state index contributed by atoms with van der Waals surface area (Å²) in [4.78, 5) is 15.6. The fourth-order valence-electron chi connectivity index (χ4n) is 3.74. The number of H-pyrrole nitrogens is 1. The number of para-hydroxylation sites is 1. The minimum Gasteiger partial charge on any atom is -0.466 e. The number of ether oxygens (including phenoxy) is 1. The van der Waals surface area contributed by atoms with Crippen LogP contribution in [-0.4, -0.2) is 32.2 Å². The lowest BCUT2D eigenvalue weighted by Gasteiger charge is -2.17. The van der Waals surface area contributed by atoms with Crippen LogP contribution in [0.15, 0.2) is 54.0 Å². The number of nitrogens with one attached hydrogen (secondary N) is 2. The summed E-state index contributed by atoms with van der Waals surface area (Å²) < 4.78 is 32.4. The minimum absolute atomic E-state index is 0.195. The second-order valence-electron chi connectivity index (χ2n) is 7.13. The van der Waals surface area contributed by atoms with Crippen molar-refractivity contribution in [3.8, 4) is 0 Å². The van der Waals surface area contributed by atoms with Crippen LogP contribution in [0.5, 0.6) is 0 Å². The van der Waals surface area contributed by atoms with Crippen molar-refractivity contribution >= 4 is 54.0 Å². The van der Waals surface area contributed by atoms with Crippen LogP contribution in [0.1, 0.15) is 30.4 Å². The Hall–Kier alpha value is -2.84. The molecule has 0 radical (unpaired) electrons. The fraction of sp³-hybridized carbons (Fsp3) is 0.227. The van der Waals surface area contributed by atoms with Crippen molar-refractivity contribution in [3.05, 3.63) is 65.2 Å². The fourth-order valence-corrected chi connectivity index (χ4v) is 5.09. The lowest BCUT2D eigenvalue weighted by Crippen LogP contribution is -2.11. The van der Waals surface area contributed by atoms with Gasteiger partial charge in [-0.15, -0.1) is 11.3 Å². The van der Waals surface area contributed by atoms with Crippen LogP contribution in [-0.2, 0) is 19.6 Å². The molecule has 0 aliphatic carbocycles. The molecule has 1 atom stereocenters.